The standard InChI is InChI=1S/C13H16N2O2S2/c1-9-6-10(2)15-13(12(9)7-14)18-8-11-4-3-5-19(11,16)17/h6,11H,3-5,8H2,1-2H3/t11-/m1/s1. The molecule has 0 spiro atoms. The summed E-state index contributed by atoms with van der Waals surface area (Å²) in [6, 6.07) is 4.02. The zero-order valence-corrected chi connectivity index (χ0v) is 12.6. The van der Waals surface area contributed by atoms with Crippen molar-refractivity contribution in [1.29, 1.82) is 5.26 Å². The molecule has 102 valence electrons. The maximum absolute atomic E-state index is 11.8. The second-order valence-corrected chi connectivity index (χ2v) is 8.22. The topological polar surface area (TPSA) is 70.8 Å². The molecule has 0 bridgehead atoms. The highest BCUT2D eigenvalue weighted by molar-refractivity contribution is 8.01. The number of pyridine rings is 1. The van der Waals surface area contributed by atoms with Crippen LogP contribution in [0.1, 0.15) is 29.7 Å². The molecular weight excluding hydrogens is 280 g/mol. The third-order valence-electron chi connectivity index (χ3n) is 3.29. The first kappa shape index (κ1) is 14.4. The highest BCUT2D eigenvalue weighted by atomic mass is 32.2. The van der Waals surface area contributed by atoms with Crippen molar-refractivity contribution in [2.75, 3.05) is 11.5 Å². The molecule has 4 nitrogen and oxygen atoms in total. The van der Waals surface area contributed by atoms with Crippen molar-refractivity contribution in [2.24, 2.45) is 0 Å². The summed E-state index contributed by atoms with van der Waals surface area (Å²) in [5.74, 6) is 0.788. The summed E-state index contributed by atoms with van der Waals surface area (Å²) < 4.78 is 23.5. The molecular formula is C13H16N2O2S2. The molecule has 0 unspecified atom stereocenters. The van der Waals surface area contributed by atoms with Gasteiger partial charge in [-0.1, -0.05) is 0 Å². The van der Waals surface area contributed by atoms with Gasteiger partial charge in [0.15, 0.2) is 9.84 Å². The van der Waals surface area contributed by atoms with Crippen LogP contribution in [0.2, 0.25) is 0 Å². The van der Waals surface area contributed by atoms with Gasteiger partial charge in [-0.05, 0) is 38.3 Å². The van der Waals surface area contributed by atoms with Crippen LogP contribution in [0, 0.1) is 25.2 Å². The Morgan fingerprint density at radius 2 is 2.26 bits per heavy atom. The molecule has 0 N–H and O–H groups in total. The van der Waals surface area contributed by atoms with E-state index in [1.54, 1.807) is 0 Å². The van der Waals surface area contributed by atoms with Crippen molar-refractivity contribution < 1.29 is 8.42 Å². The van der Waals surface area contributed by atoms with Gasteiger partial charge in [-0.2, -0.15) is 5.26 Å². The molecule has 1 saturated heterocycles. The van der Waals surface area contributed by atoms with E-state index in [9.17, 15) is 8.42 Å². The second kappa shape index (κ2) is 5.51. The van der Waals surface area contributed by atoms with Crippen molar-refractivity contribution in [3.63, 3.8) is 0 Å². The molecule has 6 heteroatoms. The minimum Gasteiger partial charge on any atom is -0.245 e. The van der Waals surface area contributed by atoms with Gasteiger partial charge >= 0.3 is 0 Å². The van der Waals surface area contributed by atoms with Crippen LogP contribution in [0.3, 0.4) is 0 Å². The first-order valence-corrected chi connectivity index (χ1v) is 8.87. The lowest BCUT2D eigenvalue weighted by Crippen LogP contribution is -2.18. The number of nitriles is 1. The van der Waals surface area contributed by atoms with Crippen LogP contribution in [0.4, 0.5) is 0 Å². The van der Waals surface area contributed by atoms with Crippen LogP contribution >= 0.6 is 11.8 Å². The molecule has 2 rings (SSSR count). The van der Waals surface area contributed by atoms with Crippen molar-refractivity contribution in [1.82, 2.24) is 4.98 Å². The number of aryl methyl sites for hydroxylation is 2. The number of hydrogen-bond acceptors (Lipinski definition) is 5. The van der Waals surface area contributed by atoms with Crippen LogP contribution in [0.25, 0.3) is 0 Å². The lowest BCUT2D eigenvalue weighted by molar-refractivity contribution is 0.594. The Morgan fingerprint density at radius 1 is 1.53 bits per heavy atom. The average molecular weight is 296 g/mol. The van der Waals surface area contributed by atoms with Crippen molar-refractivity contribution in [3.05, 3.63) is 22.9 Å². The fraction of sp³-hybridized carbons (Fsp3) is 0.538. The predicted molar refractivity (Wildman–Crippen MR) is 76.0 cm³/mol. The van der Waals surface area contributed by atoms with Gasteiger partial charge in [0.2, 0.25) is 0 Å². The summed E-state index contributed by atoms with van der Waals surface area (Å²) in [5.41, 5.74) is 2.31. The van der Waals surface area contributed by atoms with E-state index < -0.39 is 9.84 Å². The van der Waals surface area contributed by atoms with Crippen molar-refractivity contribution >= 4 is 21.6 Å². The monoisotopic (exact) mass is 296 g/mol. The fourth-order valence-corrected chi connectivity index (χ4v) is 5.79. The molecule has 0 aliphatic carbocycles. The maximum atomic E-state index is 11.8. The molecule has 0 saturated carbocycles. The van der Waals surface area contributed by atoms with Gasteiger partial charge in [-0.3, -0.25) is 0 Å². The smallest absolute Gasteiger partial charge is 0.153 e. The highest BCUT2D eigenvalue weighted by Crippen LogP contribution is 2.29. The summed E-state index contributed by atoms with van der Waals surface area (Å²) in [4.78, 5) is 4.36. The summed E-state index contributed by atoms with van der Waals surface area (Å²) in [6.45, 7) is 3.76. The molecule has 0 amide bonds. The lowest BCUT2D eigenvalue weighted by atomic mass is 10.1. The van der Waals surface area contributed by atoms with E-state index in [0.29, 0.717) is 22.1 Å². The lowest BCUT2D eigenvalue weighted by Gasteiger charge is -2.10. The Bertz CT molecular complexity index is 633. The van der Waals surface area contributed by atoms with Gasteiger partial charge in [0.05, 0.1) is 16.6 Å². The maximum Gasteiger partial charge on any atom is 0.153 e. The first-order valence-electron chi connectivity index (χ1n) is 6.17. The molecule has 1 fully saturated rings. The van der Waals surface area contributed by atoms with Gasteiger partial charge in [0.1, 0.15) is 11.1 Å². The number of aromatic nitrogens is 1. The van der Waals surface area contributed by atoms with E-state index >= 15 is 0 Å². The molecule has 1 aromatic rings. The number of rotatable bonds is 3. The normalized spacial score (nSPS) is 21.2. The largest absolute Gasteiger partial charge is 0.245 e. The Kier molecular flexibility index (Phi) is 4.16. The molecule has 19 heavy (non-hydrogen) atoms. The molecule has 1 aromatic heterocycles. The van der Waals surface area contributed by atoms with E-state index in [0.717, 1.165) is 24.1 Å². The highest BCUT2D eigenvalue weighted by Gasteiger charge is 2.31. The number of hydrogen-bond donors (Lipinski definition) is 0. The minimum atomic E-state index is -2.93. The van der Waals surface area contributed by atoms with Gasteiger partial charge in [0, 0.05) is 11.4 Å². The van der Waals surface area contributed by atoms with Crippen LogP contribution in [-0.2, 0) is 9.84 Å². The average Bonchev–Trinajstić information content (AvgIpc) is 2.65. The van der Waals surface area contributed by atoms with Gasteiger partial charge in [0.25, 0.3) is 0 Å². The van der Waals surface area contributed by atoms with Crippen molar-refractivity contribution in [3.8, 4) is 6.07 Å². The molecule has 1 aliphatic rings. The quantitative estimate of drug-likeness (QED) is 0.800. The predicted octanol–water partition coefficient (Wildman–Crippen LogP) is 2.24. The molecule has 0 aromatic carbocycles. The number of thioether (sulfide) groups is 1. The van der Waals surface area contributed by atoms with E-state index in [2.05, 4.69) is 11.1 Å². The zero-order valence-electron chi connectivity index (χ0n) is 11.0. The van der Waals surface area contributed by atoms with E-state index in [1.807, 2.05) is 19.9 Å². The summed E-state index contributed by atoms with van der Waals surface area (Å²) in [6.07, 6.45) is 1.47. The molecule has 1 atom stereocenters. The van der Waals surface area contributed by atoms with Crippen LogP contribution in [0.15, 0.2) is 11.1 Å². The molecule has 2 heterocycles. The number of sulfone groups is 1. The Balaban J connectivity index is 2.19. The van der Waals surface area contributed by atoms with E-state index in [1.165, 1.54) is 11.8 Å². The van der Waals surface area contributed by atoms with Crippen molar-refractivity contribution in [2.45, 2.75) is 37.0 Å². The third-order valence-corrected chi connectivity index (χ3v) is 6.92. The summed E-state index contributed by atoms with van der Waals surface area (Å²) in [5, 5.41) is 9.53. The van der Waals surface area contributed by atoms with E-state index in [-0.39, 0.29) is 5.25 Å². The van der Waals surface area contributed by atoms with Crippen LogP contribution in [0.5, 0.6) is 0 Å². The molecule has 1 aliphatic heterocycles. The van der Waals surface area contributed by atoms with E-state index in [4.69, 9.17) is 5.26 Å². The second-order valence-electron chi connectivity index (χ2n) is 4.81. The summed E-state index contributed by atoms with van der Waals surface area (Å²) in [7, 11) is -2.93. The minimum absolute atomic E-state index is 0.285. The fourth-order valence-electron chi connectivity index (χ4n) is 2.26. The zero-order chi connectivity index (χ0) is 14.0. The summed E-state index contributed by atoms with van der Waals surface area (Å²) >= 11 is 1.39. The molecule has 0 radical (unpaired) electrons. The Labute approximate surface area is 118 Å². The Morgan fingerprint density at radius 3 is 2.84 bits per heavy atom. The van der Waals surface area contributed by atoms with Gasteiger partial charge in [-0.25, -0.2) is 13.4 Å². The Hall–Kier alpha value is -1.06. The van der Waals surface area contributed by atoms with Crippen LogP contribution in [-0.4, -0.2) is 30.2 Å². The first-order chi connectivity index (χ1) is 8.94. The SMILES string of the molecule is Cc1cc(C)c(C#N)c(SC[C@H]2CCCS2(=O)=O)n1. The van der Waals surface area contributed by atoms with Gasteiger partial charge in [-0.15, -0.1) is 11.8 Å². The van der Waals surface area contributed by atoms with Gasteiger partial charge < -0.3 is 0 Å². The third kappa shape index (κ3) is 3.10. The number of nitrogens with zero attached hydrogens (tertiary/aromatic N) is 2. The van der Waals surface area contributed by atoms with Crippen LogP contribution < -0.4 is 0 Å².